The summed E-state index contributed by atoms with van der Waals surface area (Å²) in [7, 11) is 0. The Bertz CT molecular complexity index is 552. The molecule has 0 unspecified atom stereocenters. The van der Waals surface area contributed by atoms with E-state index in [1.54, 1.807) is 36.4 Å². The van der Waals surface area contributed by atoms with Crippen LogP contribution < -0.4 is 10.1 Å². The van der Waals surface area contributed by atoms with Crippen LogP contribution in [-0.4, -0.2) is 5.91 Å². The van der Waals surface area contributed by atoms with Gasteiger partial charge in [0, 0.05) is 23.7 Å². The van der Waals surface area contributed by atoms with Gasteiger partial charge in [0.15, 0.2) is 0 Å². The summed E-state index contributed by atoms with van der Waals surface area (Å²) in [5.41, 5.74) is 0.703. The highest BCUT2D eigenvalue weighted by molar-refractivity contribution is 6.30. The minimum Gasteiger partial charge on any atom is -0.457 e. The number of halogens is 1. The molecule has 0 radical (unpaired) electrons. The number of anilines is 1. The van der Waals surface area contributed by atoms with E-state index in [-0.39, 0.29) is 5.91 Å². The highest BCUT2D eigenvalue weighted by Gasteiger charge is 2.00. The third kappa shape index (κ3) is 3.50. The Kier molecular flexibility index (Phi) is 3.85. The maximum Gasteiger partial charge on any atom is 0.221 e. The first kappa shape index (κ1) is 12.5. The van der Waals surface area contributed by atoms with Gasteiger partial charge in [-0.15, -0.1) is 0 Å². The predicted octanol–water partition coefficient (Wildman–Crippen LogP) is 4.09. The van der Waals surface area contributed by atoms with E-state index in [0.717, 1.165) is 0 Å². The maximum atomic E-state index is 11.0. The van der Waals surface area contributed by atoms with Gasteiger partial charge in [0.25, 0.3) is 0 Å². The smallest absolute Gasteiger partial charge is 0.221 e. The number of carbonyl (C=O) groups is 1. The molecule has 0 heterocycles. The summed E-state index contributed by atoms with van der Waals surface area (Å²) in [6.45, 7) is 1.47. The average molecular weight is 262 g/mol. The molecule has 0 aliphatic heterocycles. The Morgan fingerprint density at radius 2 is 1.83 bits per heavy atom. The molecule has 3 nitrogen and oxygen atoms in total. The molecule has 1 amide bonds. The van der Waals surface area contributed by atoms with Gasteiger partial charge in [0.1, 0.15) is 11.5 Å². The second-order valence-electron chi connectivity index (χ2n) is 3.77. The summed E-state index contributed by atoms with van der Waals surface area (Å²) in [6, 6.07) is 14.3. The number of benzene rings is 2. The van der Waals surface area contributed by atoms with Crippen molar-refractivity contribution in [1.29, 1.82) is 0 Å². The zero-order valence-electron chi connectivity index (χ0n) is 9.81. The zero-order chi connectivity index (χ0) is 13.0. The molecule has 0 saturated heterocycles. The second kappa shape index (κ2) is 5.56. The van der Waals surface area contributed by atoms with Crippen molar-refractivity contribution in [1.82, 2.24) is 0 Å². The third-order valence-corrected chi connectivity index (χ3v) is 2.46. The fourth-order valence-corrected chi connectivity index (χ4v) is 1.61. The summed E-state index contributed by atoms with van der Waals surface area (Å²) < 4.78 is 5.65. The van der Waals surface area contributed by atoms with Crippen molar-refractivity contribution in [2.45, 2.75) is 6.92 Å². The minimum atomic E-state index is -0.112. The number of hydrogen-bond donors (Lipinski definition) is 1. The van der Waals surface area contributed by atoms with E-state index in [0.29, 0.717) is 22.2 Å². The Balaban J connectivity index is 2.13. The highest BCUT2D eigenvalue weighted by Crippen LogP contribution is 2.25. The zero-order valence-corrected chi connectivity index (χ0v) is 10.6. The van der Waals surface area contributed by atoms with Gasteiger partial charge >= 0.3 is 0 Å². The third-order valence-electron chi connectivity index (χ3n) is 2.20. The van der Waals surface area contributed by atoms with Gasteiger partial charge < -0.3 is 10.1 Å². The molecule has 0 bridgehead atoms. The van der Waals surface area contributed by atoms with E-state index in [1.807, 2.05) is 12.1 Å². The number of rotatable bonds is 3. The SMILES string of the molecule is CC(=O)Nc1cccc(Oc2ccc(Cl)cc2)c1. The highest BCUT2D eigenvalue weighted by atomic mass is 35.5. The molecular weight excluding hydrogens is 250 g/mol. The molecule has 0 saturated carbocycles. The molecule has 0 aromatic heterocycles. The van der Waals surface area contributed by atoms with Crippen LogP contribution in [0.3, 0.4) is 0 Å². The van der Waals surface area contributed by atoms with Gasteiger partial charge in [-0.3, -0.25) is 4.79 Å². The van der Waals surface area contributed by atoms with Crippen molar-refractivity contribution in [3.05, 3.63) is 53.6 Å². The van der Waals surface area contributed by atoms with Gasteiger partial charge in [-0.25, -0.2) is 0 Å². The van der Waals surface area contributed by atoms with Crippen LogP contribution in [-0.2, 0) is 4.79 Å². The molecule has 0 spiro atoms. The molecule has 2 aromatic carbocycles. The molecule has 2 rings (SSSR count). The van der Waals surface area contributed by atoms with Crippen LogP contribution >= 0.6 is 11.6 Å². The van der Waals surface area contributed by atoms with Crippen LogP contribution in [0.15, 0.2) is 48.5 Å². The lowest BCUT2D eigenvalue weighted by atomic mass is 10.3. The molecule has 0 fully saturated rings. The fourth-order valence-electron chi connectivity index (χ4n) is 1.48. The average Bonchev–Trinajstić information content (AvgIpc) is 2.32. The standard InChI is InChI=1S/C14H12ClNO2/c1-10(17)16-12-3-2-4-14(9-12)18-13-7-5-11(15)6-8-13/h2-9H,1H3,(H,16,17). The monoisotopic (exact) mass is 261 g/mol. The number of ether oxygens (including phenoxy) is 1. The van der Waals surface area contributed by atoms with Crippen LogP contribution in [0.2, 0.25) is 5.02 Å². The van der Waals surface area contributed by atoms with E-state index in [1.165, 1.54) is 6.92 Å². The normalized spacial score (nSPS) is 9.89. The Morgan fingerprint density at radius 3 is 2.50 bits per heavy atom. The van der Waals surface area contributed by atoms with Crippen molar-refractivity contribution in [2.24, 2.45) is 0 Å². The first-order chi connectivity index (χ1) is 8.63. The quantitative estimate of drug-likeness (QED) is 0.904. The van der Waals surface area contributed by atoms with Crippen LogP contribution in [0.25, 0.3) is 0 Å². The van der Waals surface area contributed by atoms with Crippen molar-refractivity contribution in [3.63, 3.8) is 0 Å². The number of amides is 1. The number of nitrogens with one attached hydrogen (secondary N) is 1. The van der Waals surface area contributed by atoms with E-state index in [2.05, 4.69) is 5.32 Å². The van der Waals surface area contributed by atoms with Crippen molar-refractivity contribution < 1.29 is 9.53 Å². The molecule has 0 aliphatic rings. The summed E-state index contributed by atoms with van der Waals surface area (Å²) in [5.74, 6) is 1.24. The van der Waals surface area contributed by atoms with E-state index >= 15 is 0 Å². The Hall–Kier alpha value is -2.00. The summed E-state index contributed by atoms with van der Waals surface area (Å²) in [5, 5.41) is 3.36. The first-order valence-corrected chi connectivity index (χ1v) is 5.82. The van der Waals surface area contributed by atoms with Gasteiger partial charge in [-0.1, -0.05) is 17.7 Å². The largest absolute Gasteiger partial charge is 0.457 e. The lowest BCUT2D eigenvalue weighted by molar-refractivity contribution is -0.114. The van der Waals surface area contributed by atoms with Gasteiger partial charge in [-0.05, 0) is 36.4 Å². The topological polar surface area (TPSA) is 38.3 Å². The minimum absolute atomic E-state index is 0.112. The number of hydrogen-bond acceptors (Lipinski definition) is 2. The summed E-state index contributed by atoms with van der Waals surface area (Å²) >= 11 is 5.79. The molecule has 2 aromatic rings. The van der Waals surface area contributed by atoms with E-state index < -0.39 is 0 Å². The van der Waals surface area contributed by atoms with Gasteiger partial charge in [-0.2, -0.15) is 0 Å². The molecule has 18 heavy (non-hydrogen) atoms. The van der Waals surface area contributed by atoms with E-state index in [4.69, 9.17) is 16.3 Å². The van der Waals surface area contributed by atoms with E-state index in [9.17, 15) is 4.79 Å². The summed E-state index contributed by atoms with van der Waals surface area (Å²) in [4.78, 5) is 11.0. The Labute approximate surface area is 110 Å². The predicted molar refractivity (Wildman–Crippen MR) is 72.3 cm³/mol. The van der Waals surface area contributed by atoms with Crippen LogP contribution in [0.5, 0.6) is 11.5 Å². The Morgan fingerprint density at radius 1 is 1.11 bits per heavy atom. The second-order valence-corrected chi connectivity index (χ2v) is 4.20. The summed E-state index contributed by atoms with van der Waals surface area (Å²) in [6.07, 6.45) is 0. The molecule has 0 aliphatic carbocycles. The molecule has 0 atom stereocenters. The fraction of sp³-hybridized carbons (Fsp3) is 0.0714. The van der Waals surface area contributed by atoms with Crippen LogP contribution in [0.4, 0.5) is 5.69 Å². The van der Waals surface area contributed by atoms with Crippen molar-refractivity contribution in [3.8, 4) is 11.5 Å². The van der Waals surface area contributed by atoms with Crippen molar-refractivity contribution >= 4 is 23.2 Å². The van der Waals surface area contributed by atoms with Gasteiger partial charge in [0.2, 0.25) is 5.91 Å². The molecule has 1 N–H and O–H groups in total. The van der Waals surface area contributed by atoms with Crippen LogP contribution in [0.1, 0.15) is 6.92 Å². The molecule has 4 heteroatoms. The first-order valence-electron chi connectivity index (χ1n) is 5.44. The lowest BCUT2D eigenvalue weighted by Crippen LogP contribution is -2.05. The lowest BCUT2D eigenvalue weighted by Gasteiger charge is -2.08. The van der Waals surface area contributed by atoms with Gasteiger partial charge in [0.05, 0.1) is 0 Å². The van der Waals surface area contributed by atoms with Crippen molar-refractivity contribution in [2.75, 3.05) is 5.32 Å². The molecular formula is C14H12ClNO2. The van der Waals surface area contributed by atoms with Crippen LogP contribution in [0, 0.1) is 0 Å². The molecule has 92 valence electrons. The maximum absolute atomic E-state index is 11.0. The number of carbonyl (C=O) groups excluding carboxylic acids is 1.